The predicted molar refractivity (Wildman–Crippen MR) is 44.1 cm³/mol. The molecule has 0 aliphatic carbocycles. The molecule has 5 nitrogen and oxygen atoms in total. The third-order valence-corrected chi connectivity index (χ3v) is 1.61. The Bertz CT molecular complexity index is 157. The van der Waals surface area contributed by atoms with Gasteiger partial charge < -0.3 is 20.4 Å². The molecule has 0 saturated heterocycles. The van der Waals surface area contributed by atoms with Gasteiger partial charge in [-0.15, -0.1) is 0 Å². The molecule has 12 heavy (non-hydrogen) atoms. The summed E-state index contributed by atoms with van der Waals surface area (Å²) in [6.07, 6.45) is -3.67. The van der Waals surface area contributed by atoms with Gasteiger partial charge >= 0.3 is 0 Å². The maximum Gasteiger partial charge on any atom is 0.122 e. The van der Waals surface area contributed by atoms with Crippen molar-refractivity contribution in [2.75, 3.05) is 13.7 Å². The maximum atomic E-state index is 9.25. The molecule has 0 heterocycles. The van der Waals surface area contributed by atoms with Gasteiger partial charge in [0.1, 0.15) is 12.2 Å². The van der Waals surface area contributed by atoms with Crippen molar-refractivity contribution in [1.29, 1.82) is 0 Å². The van der Waals surface area contributed by atoms with E-state index >= 15 is 0 Å². The minimum absolute atomic E-state index is 0.0587. The highest BCUT2D eigenvalue weighted by molar-refractivity contribution is 5.90. The zero-order valence-corrected chi connectivity index (χ0v) is 7.18. The molecule has 0 aromatic heterocycles. The molecule has 0 aromatic rings. The van der Waals surface area contributed by atoms with Crippen molar-refractivity contribution in [1.82, 2.24) is 0 Å². The smallest absolute Gasteiger partial charge is 0.122 e. The van der Waals surface area contributed by atoms with Crippen molar-refractivity contribution in [2.24, 2.45) is 4.99 Å². The summed E-state index contributed by atoms with van der Waals surface area (Å²) in [5, 5.41) is 35.9. The van der Waals surface area contributed by atoms with Crippen molar-refractivity contribution in [3.63, 3.8) is 0 Å². The number of aliphatic imine (C=N–C) groups is 1. The van der Waals surface area contributed by atoms with Crippen molar-refractivity contribution in [3.8, 4) is 0 Å². The molecule has 0 radical (unpaired) electrons. The summed E-state index contributed by atoms with van der Waals surface area (Å²) < 4.78 is 0. The van der Waals surface area contributed by atoms with Crippen LogP contribution in [0.3, 0.4) is 0 Å². The first-order valence-electron chi connectivity index (χ1n) is 3.65. The van der Waals surface area contributed by atoms with E-state index in [1.807, 2.05) is 0 Å². The number of rotatable bonds is 4. The molecule has 0 fully saturated rings. The van der Waals surface area contributed by atoms with Crippen molar-refractivity contribution >= 4 is 5.71 Å². The quantitative estimate of drug-likeness (QED) is 0.379. The van der Waals surface area contributed by atoms with Crippen LogP contribution in [0.4, 0.5) is 0 Å². The number of aliphatic hydroxyl groups excluding tert-OH is 4. The Hall–Kier alpha value is -0.490. The summed E-state index contributed by atoms with van der Waals surface area (Å²) in [5.74, 6) is 0. The maximum absolute atomic E-state index is 9.25. The molecule has 0 amide bonds. The minimum atomic E-state index is -1.31. The Morgan fingerprint density at radius 2 is 1.83 bits per heavy atom. The second-order valence-electron chi connectivity index (χ2n) is 2.55. The molecule has 0 bridgehead atoms. The molecule has 0 rings (SSSR count). The topological polar surface area (TPSA) is 93.3 Å². The van der Waals surface area contributed by atoms with Crippen LogP contribution in [0.15, 0.2) is 4.99 Å². The van der Waals surface area contributed by atoms with E-state index in [1.165, 1.54) is 14.0 Å². The van der Waals surface area contributed by atoms with E-state index < -0.39 is 24.9 Å². The fourth-order valence-corrected chi connectivity index (χ4v) is 0.757. The Morgan fingerprint density at radius 3 is 2.08 bits per heavy atom. The highest BCUT2D eigenvalue weighted by Crippen LogP contribution is 2.01. The van der Waals surface area contributed by atoms with Crippen LogP contribution < -0.4 is 0 Å². The Kier molecular flexibility index (Phi) is 5.00. The van der Waals surface area contributed by atoms with Crippen molar-refractivity contribution in [2.45, 2.75) is 25.2 Å². The molecule has 0 aromatic carbocycles. The number of aliphatic hydroxyl groups is 4. The standard InChI is InChI=1S/C7H15NO4/c1-4(10)6(11)7(12)5(3-9)8-2/h4,6-7,9-12H,3H2,1-2H3/t4-,6+,7+/m0/s1. The molecule has 72 valence electrons. The molecule has 5 heteroatoms. The average Bonchev–Trinajstić information content (AvgIpc) is 2.05. The van der Waals surface area contributed by atoms with Crippen LogP contribution in [0, 0.1) is 0 Å². The lowest BCUT2D eigenvalue weighted by atomic mass is 10.1. The van der Waals surface area contributed by atoms with Crippen LogP contribution in [0.2, 0.25) is 0 Å². The van der Waals surface area contributed by atoms with Crippen LogP contribution in [-0.4, -0.2) is 58.1 Å². The van der Waals surface area contributed by atoms with Crippen molar-refractivity contribution < 1.29 is 20.4 Å². The van der Waals surface area contributed by atoms with Gasteiger partial charge in [-0.2, -0.15) is 0 Å². The minimum Gasteiger partial charge on any atom is -0.391 e. The number of hydrogen-bond donors (Lipinski definition) is 4. The van der Waals surface area contributed by atoms with Crippen LogP contribution in [-0.2, 0) is 0 Å². The van der Waals surface area contributed by atoms with Gasteiger partial charge in [0, 0.05) is 7.05 Å². The molecule has 0 unspecified atom stereocenters. The predicted octanol–water partition coefficient (Wildman–Crippen LogP) is -1.85. The van der Waals surface area contributed by atoms with E-state index in [4.69, 9.17) is 15.3 Å². The van der Waals surface area contributed by atoms with Gasteiger partial charge in [0.15, 0.2) is 0 Å². The van der Waals surface area contributed by atoms with Gasteiger partial charge in [-0.3, -0.25) is 4.99 Å². The van der Waals surface area contributed by atoms with Gasteiger partial charge in [0.2, 0.25) is 0 Å². The zero-order chi connectivity index (χ0) is 9.72. The molecule has 0 aliphatic rings. The summed E-state index contributed by atoms with van der Waals surface area (Å²) in [6.45, 7) is 0.917. The van der Waals surface area contributed by atoms with E-state index in [0.29, 0.717) is 0 Å². The molecular weight excluding hydrogens is 162 g/mol. The van der Waals surface area contributed by atoms with Gasteiger partial charge in [0.05, 0.1) is 18.4 Å². The zero-order valence-electron chi connectivity index (χ0n) is 7.18. The third-order valence-electron chi connectivity index (χ3n) is 1.61. The van der Waals surface area contributed by atoms with Gasteiger partial charge in [0.25, 0.3) is 0 Å². The highest BCUT2D eigenvalue weighted by atomic mass is 16.4. The summed E-state index contributed by atoms with van der Waals surface area (Å²) in [6, 6.07) is 0. The fourth-order valence-electron chi connectivity index (χ4n) is 0.757. The van der Waals surface area contributed by atoms with Crippen LogP contribution >= 0.6 is 0 Å². The van der Waals surface area contributed by atoms with E-state index in [9.17, 15) is 5.11 Å². The molecule has 3 atom stereocenters. The second kappa shape index (κ2) is 5.21. The average molecular weight is 177 g/mol. The normalized spacial score (nSPS) is 20.3. The fraction of sp³-hybridized carbons (Fsp3) is 0.857. The number of hydrogen-bond acceptors (Lipinski definition) is 5. The third kappa shape index (κ3) is 2.86. The van der Waals surface area contributed by atoms with Crippen LogP contribution in [0.25, 0.3) is 0 Å². The SMILES string of the molecule is CN=C(CO)[C@@H](O)[C@H](O)[C@H](C)O. The first-order chi connectivity index (χ1) is 5.54. The molecule has 0 spiro atoms. The molecule has 0 aliphatic heterocycles. The van der Waals surface area contributed by atoms with Gasteiger partial charge in [-0.25, -0.2) is 0 Å². The van der Waals surface area contributed by atoms with Crippen molar-refractivity contribution in [3.05, 3.63) is 0 Å². The van der Waals surface area contributed by atoms with Gasteiger partial charge in [-0.05, 0) is 6.92 Å². The van der Waals surface area contributed by atoms with E-state index in [1.54, 1.807) is 0 Å². The largest absolute Gasteiger partial charge is 0.391 e. The Labute approximate surface area is 71.0 Å². The lowest BCUT2D eigenvalue weighted by molar-refractivity contribution is -0.0270. The summed E-state index contributed by atoms with van der Waals surface area (Å²) in [4.78, 5) is 3.56. The lowest BCUT2D eigenvalue weighted by Gasteiger charge is -2.20. The molecular formula is C7H15NO4. The number of nitrogens with zero attached hydrogens (tertiary/aromatic N) is 1. The van der Waals surface area contributed by atoms with E-state index in [0.717, 1.165) is 0 Å². The monoisotopic (exact) mass is 177 g/mol. The second-order valence-corrected chi connectivity index (χ2v) is 2.55. The Morgan fingerprint density at radius 1 is 1.33 bits per heavy atom. The van der Waals surface area contributed by atoms with Gasteiger partial charge in [-0.1, -0.05) is 0 Å². The van der Waals surface area contributed by atoms with E-state index in [-0.39, 0.29) is 5.71 Å². The molecule has 4 N–H and O–H groups in total. The lowest BCUT2D eigenvalue weighted by Crippen LogP contribution is -2.42. The molecule has 0 saturated carbocycles. The Balaban J connectivity index is 4.26. The highest BCUT2D eigenvalue weighted by Gasteiger charge is 2.24. The van der Waals surface area contributed by atoms with Crippen LogP contribution in [0.5, 0.6) is 0 Å². The van der Waals surface area contributed by atoms with Crippen LogP contribution in [0.1, 0.15) is 6.92 Å². The summed E-state index contributed by atoms with van der Waals surface area (Å²) in [5.41, 5.74) is 0.0587. The first kappa shape index (κ1) is 11.5. The first-order valence-corrected chi connectivity index (χ1v) is 3.65. The summed E-state index contributed by atoms with van der Waals surface area (Å²) >= 11 is 0. The summed E-state index contributed by atoms with van der Waals surface area (Å²) in [7, 11) is 1.39. The van der Waals surface area contributed by atoms with E-state index in [2.05, 4.69) is 4.99 Å².